The van der Waals surface area contributed by atoms with Crippen LogP contribution in [0.25, 0.3) is 0 Å². The first-order valence-electron chi connectivity index (χ1n) is 6.72. The zero-order valence-corrected chi connectivity index (χ0v) is 12.8. The van der Waals surface area contributed by atoms with Gasteiger partial charge in [-0.1, -0.05) is 72.8 Å². The third-order valence-corrected chi connectivity index (χ3v) is 7.70. The predicted octanol–water partition coefficient (Wildman–Crippen LogP) is 3.74. The van der Waals surface area contributed by atoms with E-state index in [0.717, 1.165) is 8.58 Å². The first-order valence-corrected chi connectivity index (χ1v) is 9.54. The lowest BCUT2D eigenvalue weighted by molar-refractivity contribution is 1.22. The molecule has 0 fully saturated rings. The molecule has 0 N–H and O–H groups in total. The fourth-order valence-electron chi connectivity index (χ4n) is 2.49. The maximum Gasteiger partial charge on any atom is 0.00877 e. The van der Waals surface area contributed by atoms with Crippen LogP contribution in [0.2, 0.25) is 0 Å². The second-order valence-corrected chi connectivity index (χ2v) is 8.45. The average Bonchev–Trinajstić information content (AvgIpc) is 2.51. The minimum atomic E-state index is -0.249. The number of hydrogen-bond acceptors (Lipinski definition) is 0. The molecule has 0 aromatic heterocycles. The van der Waals surface area contributed by atoms with Gasteiger partial charge in [0.05, 0.1) is 0 Å². The Morgan fingerprint density at radius 2 is 1.42 bits per heavy atom. The van der Waals surface area contributed by atoms with E-state index in [9.17, 15) is 0 Å². The second kappa shape index (κ2) is 6.47. The summed E-state index contributed by atoms with van der Waals surface area (Å²) in [5, 5.41) is 3.01. The van der Waals surface area contributed by atoms with Gasteiger partial charge >= 0.3 is 0 Å². The molecule has 19 heavy (non-hydrogen) atoms. The summed E-state index contributed by atoms with van der Waals surface area (Å²) in [6.07, 6.45) is 7.48. The van der Waals surface area contributed by atoms with Crippen LogP contribution in [0, 0.1) is 0 Å². The summed E-state index contributed by atoms with van der Waals surface area (Å²) in [4.78, 5) is 0. The van der Waals surface area contributed by atoms with E-state index >= 15 is 0 Å². The number of hydrogen-bond donors (Lipinski definition) is 0. The standard InChI is InChI=1S/C17H18P2/c1-3-8-15(9-4-1)19(16-10-5-2-6-11-16)17-12-7-13-18-14-17/h1-12,17-18H,13-14H2. The Hall–Kier alpha value is -0.960. The Morgan fingerprint density at radius 1 is 0.842 bits per heavy atom. The van der Waals surface area contributed by atoms with Crippen LogP contribution in [-0.4, -0.2) is 18.0 Å². The van der Waals surface area contributed by atoms with Gasteiger partial charge in [0, 0.05) is 5.66 Å². The van der Waals surface area contributed by atoms with Crippen molar-refractivity contribution >= 4 is 27.1 Å². The molecule has 0 aliphatic carbocycles. The molecule has 0 nitrogen and oxygen atoms in total. The number of allylic oxidation sites excluding steroid dienone is 2. The summed E-state index contributed by atoms with van der Waals surface area (Å²) in [7, 11) is 0.845. The highest BCUT2D eigenvalue weighted by Gasteiger charge is 2.23. The van der Waals surface area contributed by atoms with E-state index in [1.807, 2.05) is 0 Å². The highest BCUT2D eigenvalue weighted by Crippen LogP contribution is 2.44. The van der Waals surface area contributed by atoms with Crippen molar-refractivity contribution in [2.75, 3.05) is 12.3 Å². The van der Waals surface area contributed by atoms with E-state index < -0.39 is 0 Å². The van der Waals surface area contributed by atoms with Crippen molar-refractivity contribution in [3.63, 3.8) is 0 Å². The molecule has 1 aliphatic rings. The number of benzene rings is 2. The summed E-state index contributed by atoms with van der Waals surface area (Å²) >= 11 is 0. The molecule has 2 atom stereocenters. The van der Waals surface area contributed by atoms with E-state index in [2.05, 4.69) is 72.8 Å². The second-order valence-electron chi connectivity index (χ2n) is 4.69. The van der Waals surface area contributed by atoms with Crippen LogP contribution in [0.5, 0.6) is 0 Å². The first kappa shape index (κ1) is 13.0. The van der Waals surface area contributed by atoms with Crippen molar-refractivity contribution in [3.05, 3.63) is 72.8 Å². The lowest BCUT2D eigenvalue weighted by atomic mass is 10.4. The summed E-state index contributed by atoms with van der Waals surface area (Å²) in [5.74, 6) is 0. The third-order valence-electron chi connectivity index (χ3n) is 3.37. The zero-order valence-electron chi connectivity index (χ0n) is 10.9. The number of rotatable bonds is 3. The quantitative estimate of drug-likeness (QED) is 0.595. The van der Waals surface area contributed by atoms with Gasteiger partial charge in [0.15, 0.2) is 0 Å². The highest BCUT2D eigenvalue weighted by molar-refractivity contribution is 7.74. The van der Waals surface area contributed by atoms with Crippen LogP contribution in [0.4, 0.5) is 0 Å². The van der Waals surface area contributed by atoms with Crippen LogP contribution in [0.1, 0.15) is 0 Å². The van der Waals surface area contributed by atoms with E-state index in [0.29, 0.717) is 5.66 Å². The maximum atomic E-state index is 2.46. The van der Waals surface area contributed by atoms with Crippen molar-refractivity contribution in [2.24, 2.45) is 0 Å². The Labute approximate surface area is 118 Å². The van der Waals surface area contributed by atoms with Gasteiger partial charge in [-0.2, -0.15) is 0 Å². The maximum absolute atomic E-state index is 2.46. The first-order chi connectivity index (χ1) is 9.45. The predicted molar refractivity (Wildman–Crippen MR) is 90.0 cm³/mol. The smallest absolute Gasteiger partial charge is 0.00877 e. The summed E-state index contributed by atoms with van der Waals surface area (Å²) in [6, 6.07) is 22.1. The Morgan fingerprint density at radius 3 is 1.89 bits per heavy atom. The normalized spacial score (nSPS) is 19.9. The van der Waals surface area contributed by atoms with Gasteiger partial charge in [-0.25, -0.2) is 0 Å². The van der Waals surface area contributed by atoms with E-state index in [1.54, 1.807) is 0 Å². The minimum absolute atomic E-state index is 0.249. The molecule has 0 saturated carbocycles. The molecule has 0 radical (unpaired) electrons. The SMILES string of the molecule is C1=CC(P(c2ccccc2)c2ccccc2)CPC1. The molecule has 0 spiro atoms. The third kappa shape index (κ3) is 3.14. The Bertz CT molecular complexity index is 494. The molecular formula is C17H18P2. The fourth-order valence-corrected chi connectivity index (χ4v) is 6.86. The van der Waals surface area contributed by atoms with E-state index in [-0.39, 0.29) is 7.92 Å². The van der Waals surface area contributed by atoms with Gasteiger partial charge in [0.2, 0.25) is 0 Å². The summed E-state index contributed by atoms with van der Waals surface area (Å²) in [6.45, 7) is 0. The van der Waals surface area contributed by atoms with Crippen molar-refractivity contribution in [1.29, 1.82) is 0 Å². The monoisotopic (exact) mass is 284 g/mol. The van der Waals surface area contributed by atoms with Gasteiger partial charge in [0.25, 0.3) is 0 Å². The molecule has 2 aromatic carbocycles. The summed E-state index contributed by atoms with van der Waals surface area (Å²) in [5.41, 5.74) is 0.715. The van der Waals surface area contributed by atoms with Crippen LogP contribution >= 0.6 is 16.5 Å². The highest BCUT2D eigenvalue weighted by atomic mass is 31.1. The van der Waals surface area contributed by atoms with Gasteiger partial charge < -0.3 is 0 Å². The average molecular weight is 284 g/mol. The van der Waals surface area contributed by atoms with Crippen molar-refractivity contribution in [1.82, 2.24) is 0 Å². The van der Waals surface area contributed by atoms with Crippen molar-refractivity contribution in [2.45, 2.75) is 5.66 Å². The van der Waals surface area contributed by atoms with Crippen LogP contribution < -0.4 is 10.6 Å². The van der Waals surface area contributed by atoms with Gasteiger partial charge in [-0.3, -0.25) is 0 Å². The fraction of sp³-hybridized carbons (Fsp3) is 0.176. The molecule has 0 saturated heterocycles. The molecular weight excluding hydrogens is 266 g/mol. The van der Waals surface area contributed by atoms with Crippen LogP contribution in [0.3, 0.4) is 0 Å². The van der Waals surface area contributed by atoms with Gasteiger partial charge in [-0.15, -0.1) is 8.58 Å². The largest absolute Gasteiger partial charge is 0.117 e. The minimum Gasteiger partial charge on any atom is -0.117 e. The van der Waals surface area contributed by atoms with E-state index in [4.69, 9.17) is 0 Å². The lowest BCUT2D eigenvalue weighted by Gasteiger charge is -2.28. The molecule has 1 aliphatic heterocycles. The molecule has 96 valence electrons. The van der Waals surface area contributed by atoms with Crippen molar-refractivity contribution < 1.29 is 0 Å². The van der Waals surface area contributed by atoms with Crippen LogP contribution in [0.15, 0.2) is 72.8 Å². The molecule has 0 amide bonds. The Kier molecular flexibility index (Phi) is 4.44. The molecule has 2 aromatic rings. The molecule has 0 bridgehead atoms. The van der Waals surface area contributed by atoms with Gasteiger partial charge in [-0.05, 0) is 30.9 Å². The zero-order chi connectivity index (χ0) is 12.9. The lowest BCUT2D eigenvalue weighted by Crippen LogP contribution is -2.23. The topological polar surface area (TPSA) is 0 Å². The Balaban J connectivity index is 2.01. The molecule has 2 heteroatoms. The molecule has 1 heterocycles. The van der Waals surface area contributed by atoms with Crippen LogP contribution in [-0.2, 0) is 0 Å². The molecule has 3 rings (SSSR count). The van der Waals surface area contributed by atoms with E-state index in [1.165, 1.54) is 22.9 Å². The summed E-state index contributed by atoms with van der Waals surface area (Å²) < 4.78 is 0. The van der Waals surface area contributed by atoms with Gasteiger partial charge in [0.1, 0.15) is 0 Å². The van der Waals surface area contributed by atoms with Crippen molar-refractivity contribution in [3.8, 4) is 0 Å². The molecule has 2 unspecified atom stereocenters.